The van der Waals surface area contributed by atoms with Gasteiger partial charge in [-0.15, -0.1) is 11.3 Å². The van der Waals surface area contributed by atoms with E-state index < -0.39 is 5.91 Å². The lowest BCUT2D eigenvalue weighted by Gasteiger charge is -2.25. The lowest BCUT2D eigenvalue weighted by Crippen LogP contribution is -2.42. The fourth-order valence-corrected chi connectivity index (χ4v) is 3.20. The Labute approximate surface area is 143 Å². The molecule has 0 saturated carbocycles. The number of rotatable bonds is 3. The smallest absolute Gasteiger partial charge is 0.289 e. The first-order valence-corrected chi connectivity index (χ1v) is 8.47. The van der Waals surface area contributed by atoms with Crippen molar-refractivity contribution in [3.63, 3.8) is 0 Å². The molecule has 1 aromatic heterocycles. The van der Waals surface area contributed by atoms with Crippen LogP contribution in [0.3, 0.4) is 0 Å². The second-order valence-electron chi connectivity index (χ2n) is 5.34. The summed E-state index contributed by atoms with van der Waals surface area (Å²) in [7, 11) is 0. The normalized spacial score (nSPS) is 14.3. The van der Waals surface area contributed by atoms with E-state index in [0.29, 0.717) is 18.8 Å². The molecular formula is C16H18N4O3S. The highest BCUT2D eigenvalue weighted by Crippen LogP contribution is 2.21. The Morgan fingerprint density at radius 1 is 1.17 bits per heavy atom. The number of morpholine rings is 1. The van der Waals surface area contributed by atoms with Crippen molar-refractivity contribution in [2.45, 2.75) is 6.92 Å². The summed E-state index contributed by atoms with van der Waals surface area (Å²) >= 11 is 1.40. The summed E-state index contributed by atoms with van der Waals surface area (Å²) in [6.45, 7) is 4.68. The Morgan fingerprint density at radius 3 is 2.62 bits per heavy atom. The molecule has 24 heavy (non-hydrogen) atoms. The predicted octanol–water partition coefficient (Wildman–Crippen LogP) is 1.36. The van der Waals surface area contributed by atoms with E-state index in [1.807, 2.05) is 19.1 Å². The van der Waals surface area contributed by atoms with Gasteiger partial charge < -0.3 is 9.64 Å². The zero-order chi connectivity index (χ0) is 16.9. The largest absolute Gasteiger partial charge is 0.378 e. The number of nitrogens with one attached hydrogen (secondary N) is 2. The number of carbonyl (C=O) groups excluding carboxylic acids is 2. The summed E-state index contributed by atoms with van der Waals surface area (Å²) in [6, 6.07) is 7.17. The average Bonchev–Trinajstić information content (AvgIpc) is 3.11. The maximum Gasteiger partial charge on any atom is 0.289 e. The van der Waals surface area contributed by atoms with Gasteiger partial charge in [0.2, 0.25) is 0 Å². The molecule has 0 bridgehead atoms. The molecule has 2 aromatic rings. The number of hydrogen-bond acceptors (Lipinski definition) is 6. The summed E-state index contributed by atoms with van der Waals surface area (Å²) in [5.41, 5.74) is 6.47. The number of hydrazine groups is 1. The maximum absolute atomic E-state index is 12.1. The number of hydrogen-bond donors (Lipinski definition) is 2. The lowest BCUT2D eigenvalue weighted by molar-refractivity contribution is 0.0844. The fraction of sp³-hybridized carbons (Fsp3) is 0.312. The minimum absolute atomic E-state index is 0.284. The van der Waals surface area contributed by atoms with E-state index in [4.69, 9.17) is 4.74 Å². The first-order chi connectivity index (χ1) is 11.6. The van der Waals surface area contributed by atoms with Crippen LogP contribution >= 0.6 is 11.3 Å². The van der Waals surface area contributed by atoms with Crippen LogP contribution in [0.15, 0.2) is 29.6 Å². The zero-order valence-corrected chi connectivity index (χ0v) is 14.1. The summed E-state index contributed by atoms with van der Waals surface area (Å²) in [4.78, 5) is 30.6. The van der Waals surface area contributed by atoms with E-state index in [9.17, 15) is 9.59 Å². The fourth-order valence-electron chi connectivity index (χ4n) is 2.34. The topological polar surface area (TPSA) is 83.6 Å². The van der Waals surface area contributed by atoms with Gasteiger partial charge in [-0.25, -0.2) is 4.98 Å². The van der Waals surface area contributed by atoms with E-state index in [0.717, 1.165) is 23.8 Å². The summed E-state index contributed by atoms with van der Waals surface area (Å²) in [5.74, 6) is -0.794. The van der Waals surface area contributed by atoms with Crippen LogP contribution in [0.5, 0.6) is 0 Å². The number of anilines is 1. The van der Waals surface area contributed by atoms with Gasteiger partial charge in [-0.05, 0) is 18.6 Å². The molecule has 2 heterocycles. The Bertz CT molecular complexity index is 740. The molecule has 1 aliphatic rings. The predicted molar refractivity (Wildman–Crippen MR) is 91.3 cm³/mol. The van der Waals surface area contributed by atoms with Crippen LogP contribution in [0.2, 0.25) is 0 Å². The van der Waals surface area contributed by atoms with Crippen molar-refractivity contribution >= 4 is 28.3 Å². The van der Waals surface area contributed by atoms with Crippen molar-refractivity contribution in [2.75, 3.05) is 31.2 Å². The lowest BCUT2D eigenvalue weighted by atomic mass is 10.1. The molecule has 2 amide bonds. The minimum Gasteiger partial charge on any atom is -0.378 e. The van der Waals surface area contributed by atoms with Crippen LogP contribution in [0, 0.1) is 6.92 Å². The van der Waals surface area contributed by atoms with Crippen LogP contribution < -0.4 is 15.8 Å². The van der Waals surface area contributed by atoms with Gasteiger partial charge >= 0.3 is 0 Å². The number of thiazole rings is 1. The first-order valence-electron chi connectivity index (χ1n) is 7.59. The quantitative estimate of drug-likeness (QED) is 0.820. The van der Waals surface area contributed by atoms with Crippen molar-refractivity contribution in [1.82, 2.24) is 15.8 Å². The Morgan fingerprint density at radius 2 is 1.88 bits per heavy atom. The van der Waals surface area contributed by atoms with Crippen LogP contribution in [0.25, 0.3) is 0 Å². The van der Waals surface area contributed by atoms with Crippen LogP contribution in [-0.4, -0.2) is 43.1 Å². The van der Waals surface area contributed by atoms with E-state index in [1.54, 1.807) is 17.5 Å². The average molecular weight is 346 g/mol. The monoisotopic (exact) mass is 346 g/mol. The molecule has 126 valence electrons. The highest BCUT2D eigenvalue weighted by molar-refractivity contribution is 7.13. The van der Waals surface area contributed by atoms with E-state index in [2.05, 4.69) is 20.7 Å². The second-order valence-corrected chi connectivity index (χ2v) is 6.17. The number of carbonyl (C=O) groups is 2. The van der Waals surface area contributed by atoms with Crippen LogP contribution in [0.1, 0.15) is 26.4 Å². The highest BCUT2D eigenvalue weighted by atomic mass is 32.1. The number of benzene rings is 1. The van der Waals surface area contributed by atoms with Gasteiger partial charge in [0.1, 0.15) is 5.69 Å². The standard InChI is InChI=1S/C16H18N4O3S/c1-11-4-2-3-5-12(11)14(21)18-19-15(22)13-10-24-16(17-13)20-6-8-23-9-7-20/h2-5,10H,6-9H2,1H3,(H,18,21)(H,19,22). The Balaban J connectivity index is 1.58. The van der Waals surface area contributed by atoms with Crippen molar-refractivity contribution < 1.29 is 14.3 Å². The third kappa shape index (κ3) is 3.72. The second kappa shape index (κ2) is 7.41. The van der Waals surface area contributed by atoms with E-state index in [1.165, 1.54) is 11.3 Å². The Hall–Kier alpha value is -2.45. The molecule has 2 N–H and O–H groups in total. The number of amides is 2. The number of nitrogens with zero attached hydrogens (tertiary/aromatic N) is 2. The number of aryl methyl sites for hydroxylation is 1. The van der Waals surface area contributed by atoms with E-state index in [-0.39, 0.29) is 11.6 Å². The van der Waals surface area contributed by atoms with Crippen molar-refractivity contribution in [3.05, 3.63) is 46.5 Å². The van der Waals surface area contributed by atoms with Crippen molar-refractivity contribution in [3.8, 4) is 0 Å². The highest BCUT2D eigenvalue weighted by Gasteiger charge is 2.18. The molecule has 0 atom stereocenters. The minimum atomic E-state index is -0.437. The maximum atomic E-state index is 12.1. The molecule has 1 fully saturated rings. The summed E-state index contributed by atoms with van der Waals surface area (Å²) in [6.07, 6.45) is 0. The molecule has 7 nitrogen and oxygen atoms in total. The third-order valence-corrected chi connectivity index (χ3v) is 4.59. The van der Waals surface area contributed by atoms with Gasteiger partial charge in [-0.1, -0.05) is 18.2 Å². The van der Waals surface area contributed by atoms with Gasteiger partial charge in [0, 0.05) is 24.0 Å². The molecule has 0 spiro atoms. The summed E-state index contributed by atoms with van der Waals surface area (Å²) in [5, 5.41) is 2.47. The van der Waals surface area contributed by atoms with E-state index >= 15 is 0 Å². The molecular weight excluding hydrogens is 328 g/mol. The molecule has 8 heteroatoms. The number of ether oxygens (including phenoxy) is 1. The van der Waals surface area contributed by atoms with Crippen LogP contribution in [0.4, 0.5) is 5.13 Å². The van der Waals surface area contributed by atoms with Crippen molar-refractivity contribution in [2.24, 2.45) is 0 Å². The van der Waals surface area contributed by atoms with Gasteiger partial charge in [0.25, 0.3) is 11.8 Å². The van der Waals surface area contributed by atoms with Gasteiger partial charge in [0.05, 0.1) is 13.2 Å². The Kier molecular flexibility index (Phi) is 5.07. The van der Waals surface area contributed by atoms with Gasteiger partial charge in [-0.3, -0.25) is 20.4 Å². The van der Waals surface area contributed by atoms with Crippen molar-refractivity contribution in [1.29, 1.82) is 0 Å². The third-order valence-electron chi connectivity index (χ3n) is 3.69. The molecule has 0 radical (unpaired) electrons. The zero-order valence-electron chi connectivity index (χ0n) is 13.2. The van der Waals surface area contributed by atoms with Gasteiger partial charge in [-0.2, -0.15) is 0 Å². The molecule has 1 saturated heterocycles. The van der Waals surface area contributed by atoms with Crippen LogP contribution in [-0.2, 0) is 4.74 Å². The van der Waals surface area contributed by atoms with Gasteiger partial charge in [0.15, 0.2) is 5.13 Å². The molecule has 0 aliphatic carbocycles. The first kappa shape index (κ1) is 16.4. The molecule has 1 aromatic carbocycles. The molecule has 1 aliphatic heterocycles. The number of aromatic nitrogens is 1. The molecule has 3 rings (SSSR count). The molecule has 0 unspecified atom stereocenters. The summed E-state index contributed by atoms with van der Waals surface area (Å²) < 4.78 is 5.30. The SMILES string of the molecule is Cc1ccccc1C(=O)NNC(=O)c1csc(N2CCOCC2)n1.